The van der Waals surface area contributed by atoms with Crippen LogP contribution < -0.4 is 22.1 Å². The molecule has 0 unspecified atom stereocenters. The monoisotopic (exact) mass is 645 g/mol. The molecule has 1 aromatic carbocycles. The molecule has 0 radical (unpaired) electrons. The number of urea groups is 1. The van der Waals surface area contributed by atoms with Gasteiger partial charge in [-0.05, 0) is 80.4 Å². The Morgan fingerprint density at radius 2 is 1.54 bits per heavy atom. The number of ether oxygens (including phenoxy) is 2. The van der Waals surface area contributed by atoms with Gasteiger partial charge in [-0.25, -0.2) is 14.5 Å². The van der Waals surface area contributed by atoms with Gasteiger partial charge in [0.1, 0.15) is 17.2 Å². The van der Waals surface area contributed by atoms with Crippen LogP contribution in [0.3, 0.4) is 0 Å². The molecule has 46 heavy (non-hydrogen) atoms. The molecule has 15 heteroatoms. The number of likely N-dealkylation sites (N-methyl/N-ethyl adjacent to an activating group) is 1. The average Bonchev–Trinajstić information content (AvgIpc) is 3.15. The van der Waals surface area contributed by atoms with E-state index in [2.05, 4.69) is 4.99 Å². The fourth-order valence-corrected chi connectivity index (χ4v) is 5.02. The van der Waals surface area contributed by atoms with Gasteiger partial charge in [0.25, 0.3) is 11.6 Å². The molecule has 1 aromatic rings. The van der Waals surface area contributed by atoms with Crippen LogP contribution in [0.5, 0.6) is 0 Å². The van der Waals surface area contributed by atoms with Crippen molar-refractivity contribution in [2.24, 2.45) is 22.2 Å². The van der Waals surface area contributed by atoms with Crippen LogP contribution in [0.2, 0.25) is 0 Å². The van der Waals surface area contributed by atoms with Crippen molar-refractivity contribution in [2.45, 2.75) is 104 Å². The Kier molecular flexibility index (Phi) is 12.0. The molecule has 1 fully saturated rings. The summed E-state index contributed by atoms with van der Waals surface area (Å²) in [5, 5.41) is 0. The van der Waals surface area contributed by atoms with E-state index in [9.17, 15) is 28.8 Å². The highest BCUT2D eigenvalue weighted by Crippen LogP contribution is 2.37. The van der Waals surface area contributed by atoms with Crippen LogP contribution >= 0.6 is 0 Å². The lowest BCUT2D eigenvalue weighted by molar-refractivity contribution is -0.174. The van der Waals surface area contributed by atoms with E-state index in [4.69, 9.17) is 26.7 Å². The number of nitrogens with two attached hydrogens (primary N) is 3. The molecule has 3 atom stereocenters. The van der Waals surface area contributed by atoms with Gasteiger partial charge in [-0.2, -0.15) is 0 Å². The average molecular weight is 646 g/mol. The first-order chi connectivity index (χ1) is 21.2. The first kappa shape index (κ1) is 37.7. The number of benzene rings is 1. The molecule has 0 bridgehead atoms. The van der Waals surface area contributed by atoms with Gasteiger partial charge in [0.15, 0.2) is 11.7 Å². The molecule has 15 nitrogen and oxygen atoms in total. The fraction of sp³-hybridized carbons (Fsp3) is 0.581. The Morgan fingerprint density at radius 1 is 0.978 bits per heavy atom. The highest BCUT2D eigenvalue weighted by Gasteiger charge is 2.66. The predicted octanol–water partition coefficient (Wildman–Crippen LogP) is 1.41. The third-order valence-corrected chi connectivity index (χ3v) is 6.77. The van der Waals surface area contributed by atoms with Crippen molar-refractivity contribution in [3.63, 3.8) is 0 Å². The van der Waals surface area contributed by atoms with E-state index in [0.29, 0.717) is 9.80 Å². The number of para-hydroxylation sites is 1. The van der Waals surface area contributed by atoms with Gasteiger partial charge >= 0.3 is 18.0 Å². The van der Waals surface area contributed by atoms with E-state index < -0.39 is 70.9 Å². The number of Topliss-reactive ketones (excluding diaryl/α,β-unsaturated/α-hetero) is 1. The standard InChI is InChI=1S/C31H47N7O8/c1-9-36-22(16-13-17-35-27(33)34)25(42)38(28(36)44)31(19(2)39,26(43)46-30(6,7)8)37(20-14-11-10-12-15-20)24(41)21(32)18-23(40)45-29(3,4)5/h10-12,14-15,21-22H,9,13,16-18,32H2,1-8H3,(H4,33,34,35)/t21-,22-,31+/m0/s1. The summed E-state index contributed by atoms with van der Waals surface area (Å²) in [4.78, 5) is 90.2. The van der Waals surface area contributed by atoms with E-state index in [0.717, 1.165) is 6.92 Å². The van der Waals surface area contributed by atoms with Crippen molar-refractivity contribution in [3.8, 4) is 0 Å². The summed E-state index contributed by atoms with van der Waals surface area (Å²) >= 11 is 0. The van der Waals surface area contributed by atoms with Crippen LogP contribution in [0, 0.1) is 0 Å². The molecule has 4 amide bonds. The number of carbonyl (C=O) groups excluding carboxylic acids is 6. The molecular weight excluding hydrogens is 598 g/mol. The molecule has 2 rings (SSSR count). The second kappa shape index (κ2) is 14.7. The first-order valence-corrected chi connectivity index (χ1v) is 15.0. The van der Waals surface area contributed by atoms with Crippen LogP contribution in [-0.2, 0) is 33.4 Å². The normalized spacial score (nSPS) is 17.2. The zero-order valence-corrected chi connectivity index (χ0v) is 27.9. The third kappa shape index (κ3) is 8.59. The number of esters is 2. The summed E-state index contributed by atoms with van der Waals surface area (Å²) in [5.41, 5.74) is 11.9. The quantitative estimate of drug-likeness (QED) is 0.0695. The lowest BCUT2D eigenvalue weighted by Crippen LogP contribution is -2.75. The minimum absolute atomic E-state index is 0.0216. The number of rotatable bonds is 13. The number of nitrogens with zero attached hydrogens (tertiary/aromatic N) is 4. The van der Waals surface area contributed by atoms with E-state index in [-0.39, 0.29) is 37.6 Å². The molecule has 0 aromatic heterocycles. The minimum Gasteiger partial charge on any atom is -0.460 e. The maximum atomic E-state index is 14.4. The summed E-state index contributed by atoms with van der Waals surface area (Å²) in [6.45, 7) is 12.2. The van der Waals surface area contributed by atoms with Gasteiger partial charge in [0, 0.05) is 18.8 Å². The van der Waals surface area contributed by atoms with Crippen molar-refractivity contribution in [3.05, 3.63) is 30.3 Å². The number of guanidine groups is 1. The Bertz CT molecular complexity index is 1350. The topological polar surface area (TPSA) is 221 Å². The van der Waals surface area contributed by atoms with E-state index in [1.165, 1.54) is 49.9 Å². The second-order valence-corrected chi connectivity index (χ2v) is 12.8. The van der Waals surface area contributed by atoms with Crippen molar-refractivity contribution in [2.75, 3.05) is 18.0 Å². The van der Waals surface area contributed by atoms with Gasteiger partial charge in [-0.15, -0.1) is 0 Å². The molecule has 1 saturated heterocycles. The summed E-state index contributed by atoms with van der Waals surface area (Å²) in [6, 6.07) is 3.66. The summed E-state index contributed by atoms with van der Waals surface area (Å²) < 4.78 is 11.0. The lowest BCUT2D eigenvalue weighted by atomic mass is 9.96. The number of carbonyl (C=O) groups is 6. The van der Waals surface area contributed by atoms with Crippen LogP contribution in [0.4, 0.5) is 10.5 Å². The molecule has 1 aliphatic heterocycles. The van der Waals surface area contributed by atoms with E-state index in [1.807, 2.05) is 0 Å². The zero-order valence-electron chi connectivity index (χ0n) is 27.9. The lowest BCUT2D eigenvalue weighted by Gasteiger charge is -2.45. The third-order valence-electron chi connectivity index (χ3n) is 6.77. The Hall–Kier alpha value is -4.53. The maximum absolute atomic E-state index is 14.4. The predicted molar refractivity (Wildman–Crippen MR) is 170 cm³/mol. The smallest absolute Gasteiger partial charge is 0.363 e. The Labute approximate surface area is 269 Å². The van der Waals surface area contributed by atoms with Crippen LogP contribution in [-0.4, -0.2) is 93.4 Å². The highest BCUT2D eigenvalue weighted by atomic mass is 16.6. The second-order valence-electron chi connectivity index (χ2n) is 12.8. The number of imide groups is 1. The van der Waals surface area contributed by atoms with Crippen molar-refractivity contribution in [1.29, 1.82) is 0 Å². The fourth-order valence-electron chi connectivity index (χ4n) is 5.02. The molecular formula is C31H47N7O8. The van der Waals surface area contributed by atoms with E-state index >= 15 is 0 Å². The van der Waals surface area contributed by atoms with Crippen LogP contribution in [0.1, 0.15) is 74.7 Å². The van der Waals surface area contributed by atoms with Gasteiger partial charge in [-0.3, -0.25) is 29.1 Å². The van der Waals surface area contributed by atoms with Crippen LogP contribution in [0.25, 0.3) is 0 Å². The van der Waals surface area contributed by atoms with Crippen LogP contribution in [0.15, 0.2) is 35.3 Å². The number of amides is 4. The highest BCUT2D eigenvalue weighted by molar-refractivity contribution is 6.23. The molecule has 0 aliphatic carbocycles. The SMILES string of the molecule is CCN1C(=O)N([C@](C(C)=O)(C(=O)OC(C)(C)C)N(C(=O)[C@@H](N)CC(=O)OC(C)(C)C)c2ccccc2)C(=O)[C@@H]1CCCN=C(N)N. The number of hydrogen-bond donors (Lipinski definition) is 3. The van der Waals surface area contributed by atoms with Crippen molar-refractivity contribution in [1.82, 2.24) is 9.80 Å². The van der Waals surface area contributed by atoms with Crippen molar-refractivity contribution < 1.29 is 38.2 Å². The summed E-state index contributed by atoms with van der Waals surface area (Å²) in [7, 11) is 0. The number of anilines is 1. The largest absolute Gasteiger partial charge is 0.460 e. The Balaban J connectivity index is 2.86. The molecule has 6 N–H and O–H groups in total. The summed E-state index contributed by atoms with van der Waals surface area (Å²) in [6.07, 6.45) is -0.295. The molecule has 0 spiro atoms. The van der Waals surface area contributed by atoms with Gasteiger partial charge in [0.05, 0.1) is 12.5 Å². The van der Waals surface area contributed by atoms with Gasteiger partial charge in [-0.1, -0.05) is 18.2 Å². The first-order valence-electron chi connectivity index (χ1n) is 15.0. The number of hydrogen-bond acceptors (Lipinski definition) is 10. The zero-order chi connectivity index (χ0) is 35.2. The Morgan fingerprint density at radius 3 is 2.02 bits per heavy atom. The van der Waals surface area contributed by atoms with Crippen molar-refractivity contribution >= 4 is 47.2 Å². The van der Waals surface area contributed by atoms with Gasteiger partial charge < -0.3 is 31.6 Å². The molecule has 0 saturated carbocycles. The van der Waals surface area contributed by atoms with E-state index in [1.54, 1.807) is 33.8 Å². The van der Waals surface area contributed by atoms with Gasteiger partial charge in [0.2, 0.25) is 5.91 Å². The number of aliphatic imine (C=N–C) groups is 1. The minimum atomic E-state index is -2.99. The molecule has 254 valence electrons. The number of ketones is 1. The maximum Gasteiger partial charge on any atom is 0.363 e. The molecule has 1 heterocycles. The molecule has 1 aliphatic rings. The summed E-state index contributed by atoms with van der Waals surface area (Å²) in [5.74, 6) is -5.46.